The lowest BCUT2D eigenvalue weighted by Gasteiger charge is -2.32. The first-order valence-electron chi connectivity index (χ1n) is 13.3. The van der Waals surface area contributed by atoms with E-state index in [-0.39, 0.29) is 0 Å². The molecule has 2 aromatic carbocycles. The Labute approximate surface area is 225 Å². The second kappa shape index (κ2) is 10.1. The van der Waals surface area contributed by atoms with E-state index in [1.807, 2.05) is 18.3 Å². The summed E-state index contributed by atoms with van der Waals surface area (Å²) in [6.07, 6.45) is 1.86. The molecule has 0 atom stereocenters. The van der Waals surface area contributed by atoms with Crippen LogP contribution in [0.15, 0.2) is 54.7 Å². The number of rotatable bonds is 5. The quantitative estimate of drug-likeness (QED) is 0.363. The van der Waals surface area contributed by atoms with Crippen LogP contribution >= 0.6 is 11.3 Å². The molecule has 0 aliphatic carbocycles. The van der Waals surface area contributed by atoms with Gasteiger partial charge in [0.2, 0.25) is 0 Å². The fourth-order valence-electron chi connectivity index (χ4n) is 5.42. The molecule has 9 heteroatoms. The molecule has 0 amide bonds. The van der Waals surface area contributed by atoms with Crippen molar-refractivity contribution in [3.05, 3.63) is 60.3 Å². The van der Waals surface area contributed by atoms with Crippen molar-refractivity contribution in [2.24, 2.45) is 0 Å². The van der Waals surface area contributed by atoms with Crippen molar-refractivity contribution >= 4 is 38.3 Å². The summed E-state index contributed by atoms with van der Waals surface area (Å²) in [4.78, 5) is 18.8. The average Bonchev–Trinajstić information content (AvgIpc) is 3.62. The van der Waals surface area contributed by atoms with Gasteiger partial charge in [-0.2, -0.15) is 5.10 Å². The minimum atomic E-state index is 0.713. The van der Waals surface area contributed by atoms with Gasteiger partial charge in [0.25, 0.3) is 0 Å². The highest BCUT2D eigenvalue weighted by Crippen LogP contribution is 2.39. The molecule has 8 nitrogen and oxygen atoms in total. The molecule has 0 unspecified atom stereocenters. The topological polar surface area (TPSA) is 73.4 Å². The van der Waals surface area contributed by atoms with Crippen LogP contribution in [0.3, 0.4) is 0 Å². The van der Waals surface area contributed by atoms with Gasteiger partial charge in [-0.25, -0.2) is 9.97 Å². The van der Waals surface area contributed by atoms with E-state index in [1.165, 1.54) is 16.0 Å². The van der Waals surface area contributed by atoms with Gasteiger partial charge in [0.15, 0.2) is 11.6 Å². The molecule has 5 heterocycles. The summed E-state index contributed by atoms with van der Waals surface area (Å²) in [5, 5.41) is 8.35. The molecule has 0 radical (unpaired) electrons. The van der Waals surface area contributed by atoms with Gasteiger partial charge in [0.1, 0.15) is 0 Å². The van der Waals surface area contributed by atoms with Crippen molar-refractivity contribution in [2.75, 3.05) is 64.4 Å². The van der Waals surface area contributed by atoms with Crippen molar-refractivity contribution in [3.8, 4) is 21.8 Å². The Balaban J connectivity index is 1.29. The predicted molar refractivity (Wildman–Crippen MR) is 154 cm³/mol. The van der Waals surface area contributed by atoms with Gasteiger partial charge in [-0.15, -0.1) is 11.3 Å². The maximum atomic E-state index is 5.65. The number of benzene rings is 2. The van der Waals surface area contributed by atoms with E-state index >= 15 is 0 Å². The Morgan fingerprint density at radius 3 is 2.66 bits per heavy atom. The number of likely N-dealkylation sites (N-methyl/N-ethyl adjacent to an activating group) is 1. The van der Waals surface area contributed by atoms with Crippen LogP contribution in [-0.2, 0) is 11.3 Å². The number of fused-ring (bicyclic) bond motifs is 2. The molecule has 0 spiro atoms. The van der Waals surface area contributed by atoms with E-state index in [1.54, 1.807) is 11.3 Å². The smallest absolute Gasteiger partial charge is 0.162 e. The summed E-state index contributed by atoms with van der Waals surface area (Å²) in [6.45, 7) is 8.58. The summed E-state index contributed by atoms with van der Waals surface area (Å²) in [5.74, 6) is 1.73. The standard InChI is InChI=1S/C29H31N7OS/c1-34-8-10-35(11-9-34)19-20-4-2-5-21(16-20)26-17-25-27(38-26)29(36-12-14-37-15-13-36)32-28(31-25)22-6-3-7-24-23(22)18-30-33-24/h2-7,16-18H,8-15,19H2,1H3,(H,30,33). The van der Waals surface area contributed by atoms with Crippen LogP contribution in [0.2, 0.25) is 0 Å². The summed E-state index contributed by atoms with van der Waals surface area (Å²) >= 11 is 1.79. The maximum absolute atomic E-state index is 5.65. The van der Waals surface area contributed by atoms with Crippen molar-refractivity contribution in [2.45, 2.75) is 6.54 Å². The van der Waals surface area contributed by atoms with Gasteiger partial charge in [0, 0.05) is 61.6 Å². The van der Waals surface area contributed by atoms with Crippen molar-refractivity contribution < 1.29 is 4.74 Å². The number of hydrogen-bond acceptors (Lipinski definition) is 8. The number of anilines is 1. The van der Waals surface area contributed by atoms with Crippen LogP contribution in [0.5, 0.6) is 0 Å². The van der Waals surface area contributed by atoms with E-state index in [0.717, 1.165) is 84.1 Å². The summed E-state index contributed by atoms with van der Waals surface area (Å²) in [6, 6.07) is 17.4. The summed E-state index contributed by atoms with van der Waals surface area (Å²) in [5.41, 5.74) is 5.57. The van der Waals surface area contributed by atoms with Gasteiger partial charge in [-0.3, -0.25) is 10.00 Å². The van der Waals surface area contributed by atoms with Crippen LogP contribution < -0.4 is 4.90 Å². The minimum Gasteiger partial charge on any atom is -0.378 e. The number of nitrogens with zero attached hydrogens (tertiary/aromatic N) is 6. The van der Waals surface area contributed by atoms with Crippen LogP contribution in [-0.4, -0.2) is 89.5 Å². The number of nitrogens with one attached hydrogen (secondary N) is 1. The number of aromatic nitrogens is 4. The number of morpholine rings is 1. The van der Waals surface area contributed by atoms with E-state index in [9.17, 15) is 0 Å². The SMILES string of the molecule is CN1CCN(Cc2cccc(-c3cc4nc(-c5cccc6[nH]ncc56)nc(N5CCOCC5)c4s3)c2)CC1. The molecule has 2 aliphatic heterocycles. The predicted octanol–water partition coefficient (Wildman–Crippen LogP) is 4.49. The molecular formula is C29H31N7OS. The molecule has 194 valence electrons. The van der Waals surface area contributed by atoms with Gasteiger partial charge in [-0.1, -0.05) is 30.3 Å². The Bertz CT molecular complexity index is 1580. The Hall–Kier alpha value is -3.37. The summed E-state index contributed by atoms with van der Waals surface area (Å²) < 4.78 is 6.78. The molecule has 3 aromatic heterocycles. The number of aromatic amines is 1. The fraction of sp³-hybridized carbons (Fsp3) is 0.345. The second-order valence-corrected chi connectivity index (χ2v) is 11.3. The molecule has 0 bridgehead atoms. The lowest BCUT2D eigenvalue weighted by molar-refractivity contribution is 0.122. The second-order valence-electron chi connectivity index (χ2n) is 10.2. The molecular weight excluding hydrogens is 494 g/mol. The first-order chi connectivity index (χ1) is 18.7. The monoisotopic (exact) mass is 525 g/mol. The zero-order valence-electron chi connectivity index (χ0n) is 21.6. The number of H-pyrrole nitrogens is 1. The third-order valence-corrected chi connectivity index (χ3v) is 8.77. The minimum absolute atomic E-state index is 0.713. The summed E-state index contributed by atoms with van der Waals surface area (Å²) in [7, 11) is 2.20. The van der Waals surface area contributed by atoms with Gasteiger partial charge in [0.05, 0.1) is 35.1 Å². The third kappa shape index (κ3) is 4.56. The van der Waals surface area contributed by atoms with Crippen LogP contribution in [0.4, 0.5) is 5.82 Å². The third-order valence-electron chi connectivity index (χ3n) is 7.60. The lowest BCUT2D eigenvalue weighted by atomic mass is 10.1. The van der Waals surface area contributed by atoms with Crippen LogP contribution in [0, 0.1) is 0 Å². The lowest BCUT2D eigenvalue weighted by Crippen LogP contribution is -2.43. The number of ether oxygens (including phenoxy) is 1. The average molecular weight is 526 g/mol. The number of piperazine rings is 1. The zero-order valence-corrected chi connectivity index (χ0v) is 22.4. The van der Waals surface area contributed by atoms with Gasteiger partial charge >= 0.3 is 0 Å². The maximum Gasteiger partial charge on any atom is 0.162 e. The van der Waals surface area contributed by atoms with Gasteiger partial charge in [-0.05, 0) is 36.4 Å². The van der Waals surface area contributed by atoms with Gasteiger partial charge < -0.3 is 14.5 Å². The van der Waals surface area contributed by atoms with E-state index < -0.39 is 0 Å². The number of thiophene rings is 1. The van der Waals surface area contributed by atoms with Crippen molar-refractivity contribution in [1.82, 2.24) is 30.0 Å². The molecule has 1 N–H and O–H groups in total. The van der Waals surface area contributed by atoms with Crippen LogP contribution in [0.25, 0.3) is 42.9 Å². The Morgan fingerprint density at radius 1 is 0.947 bits per heavy atom. The van der Waals surface area contributed by atoms with E-state index in [2.05, 4.69) is 68.3 Å². The normalized spacial score (nSPS) is 17.6. The molecule has 2 aliphatic rings. The largest absolute Gasteiger partial charge is 0.378 e. The van der Waals surface area contributed by atoms with Crippen molar-refractivity contribution in [3.63, 3.8) is 0 Å². The first-order valence-corrected chi connectivity index (χ1v) is 14.1. The Kier molecular flexibility index (Phi) is 6.29. The molecule has 2 fully saturated rings. The Morgan fingerprint density at radius 2 is 1.79 bits per heavy atom. The molecule has 0 saturated carbocycles. The van der Waals surface area contributed by atoms with Crippen molar-refractivity contribution in [1.29, 1.82) is 0 Å². The highest BCUT2D eigenvalue weighted by molar-refractivity contribution is 7.22. The van der Waals surface area contributed by atoms with Crippen LogP contribution in [0.1, 0.15) is 5.56 Å². The highest BCUT2D eigenvalue weighted by Gasteiger charge is 2.22. The molecule has 38 heavy (non-hydrogen) atoms. The molecule has 7 rings (SSSR count). The number of hydrogen-bond donors (Lipinski definition) is 1. The fourth-order valence-corrected chi connectivity index (χ4v) is 6.53. The van der Waals surface area contributed by atoms with E-state index in [4.69, 9.17) is 14.7 Å². The first kappa shape index (κ1) is 23.7. The molecule has 5 aromatic rings. The molecule has 2 saturated heterocycles. The highest BCUT2D eigenvalue weighted by atomic mass is 32.1. The zero-order chi connectivity index (χ0) is 25.5. The van der Waals surface area contributed by atoms with E-state index in [0.29, 0.717) is 13.2 Å².